The molecule has 0 saturated carbocycles. The van der Waals surface area contributed by atoms with Gasteiger partial charge in [0.2, 0.25) is 0 Å². The van der Waals surface area contributed by atoms with Gasteiger partial charge in [-0.3, -0.25) is 4.79 Å². The first kappa shape index (κ1) is 13.3. The van der Waals surface area contributed by atoms with Gasteiger partial charge in [-0.1, -0.05) is 18.5 Å². The molecular formula is C13H18ClN3O. The number of carbonyl (C=O) groups excluding carboxylic acids is 1. The summed E-state index contributed by atoms with van der Waals surface area (Å²) in [7, 11) is 0. The van der Waals surface area contributed by atoms with Gasteiger partial charge in [-0.25, -0.2) is 9.97 Å². The minimum absolute atomic E-state index is 0.254. The number of hydrogen-bond donors (Lipinski definition) is 0. The lowest BCUT2D eigenvalue weighted by atomic mass is 10.0. The highest BCUT2D eigenvalue weighted by Gasteiger charge is 2.20. The second-order valence-corrected chi connectivity index (χ2v) is 5.30. The molecule has 5 heteroatoms. The third kappa shape index (κ3) is 2.80. The van der Waals surface area contributed by atoms with E-state index >= 15 is 0 Å². The SMILES string of the molecule is Cc1nc(Cl)c(C=O)c(N2CCCC(C)CC2)n1. The number of halogens is 1. The Kier molecular flexibility index (Phi) is 4.17. The second kappa shape index (κ2) is 5.65. The van der Waals surface area contributed by atoms with Crippen molar-refractivity contribution in [2.45, 2.75) is 33.1 Å². The first-order valence-corrected chi connectivity index (χ1v) is 6.74. The molecule has 0 aromatic carbocycles. The topological polar surface area (TPSA) is 46.1 Å². The van der Waals surface area contributed by atoms with Crippen LogP contribution >= 0.6 is 11.6 Å². The molecule has 1 atom stereocenters. The summed E-state index contributed by atoms with van der Waals surface area (Å²) in [5, 5.41) is 0.254. The molecule has 1 fully saturated rings. The molecule has 98 valence electrons. The van der Waals surface area contributed by atoms with E-state index in [0.717, 1.165) is 38.1 Å². The molecule has 0 amide bonds. The molecule has 1 aromatic heterocycles. The predicted octanol–water partition coefficient (Wildman–Crippen LogP) is 2.88. The van der Waals surface area contributed by atoms with Crippen LogP contribution in [-0.4, -0.2) is 29.3 Å². The number of aromatic nitrogens is 2. The van der Waals surface area contributed by atoms with Crippen molar-refractivity contribution in [3.63, 3.8) is 0 Å². The van der Waals surface area contributed by atoms with Crippen molar-refractivity contribution in [3.8, 4) is 0 Å². The van der Waals surface area contributed by atoms with Crippen LogP contribution in [0.1, 0.15) is 42.4 Å². The lowest BCUT2D eigenvalue weighted by Gasteiger charge is -2.23. The van der Waals surface area contributed by atoms with Gasteiger partial charge in [-0.15, -0.1) is 0 Å². The highest BCUT2D eigenvalue weighted by atomic mass is 35.5. The van der Waals surface area contributed by atoms with Crippen molar-refractivity contribution < 1.29 is 4.79 Å². The van der Waals surface area contributed by atoms with Crippen molar-refractivity contribution in [1.29, 1.82) is 0 Å². The van der Waals surface area contributed by atoms with Crippen molar-refractivity contribution in [2.24, 2.45) is 5.92 Å². The number of rotatable bonds is 2. The zero-order valence-corrected chi connectivity index (χ0v) is 11.6. The number of hydrogen-bond acceptors (Lipinski definition) is 4. The molecule has 0 radical (unpaired) electrons. The average Bonchev–Trinajstić information content (AvgIpc) is 2.53. The van der Waals surface area contributed by atoms with Gasteiger partial charge in [0.1, 0.15) is 16.8 Å². The van der Waals surface area contributed by atoms with E-state index in [0.29, 0.717) is 17.2 Å². The Morgan fingerprint density at radius 2 is 2.11 bits per heavy atom. The molecule has 1 unspecified atom stereocenters. The molecule has 0 N–H and O–H groups in total. The lowest BCUT2D eigenvalue weighted by molar-refractivity contribution is 0.112. The highest BCUT2D eigenvalue weighted by Crippen LogP contribution is 2.26. The minimum atomic E-state index is 0.254. The van der Waals surface area contributed by atoms with Crippen LogP contribution in [0.4, 0.5) is 5.82 Å². The molecule has 2 rings (SSSR count). The molecule has 0 spiro atoms. The van der Waals surface area contributed by atoms with Gasteiger partial charge in [0, 0.05) is 13.1 Å². The molecule has 4 nitrogen and oxygen atoms in total. The Labute approximate surface area is 112 Å². The van der Waals surface area contributed by atoms with Gasteiger partial charge in [0.05, 0.1) is 5.56 Å². The fourth-order valence-electron chi connectivity index (χ4n) is 2.35. The van der Waals surface area contributed by atoms with Gasteiger partial charge in [0.15, 0.2) is 6.29 Å². The van der Waals surface area contributed by atoms with Crippen LogP contribution in [0.5, 0.6) is 0 Å². The van der Waals surface area contributed by atoms with E-state index < -0.39 is 0 Å². The van der Waals surface area contributed by atoms with Crippen LogP contribution in [0.3, 0.4) is 0 Å². The second-order valence-electron chi connectivity index (χ2n) is 4.94. The molecule has 1 aromatic rings. The first-order chi connectivity index (χ1) is 8.61. The van der Waals surface area contributed by atoms with Gasteiger partial charge in [-0.2, -0.15) is 0 Å². The summed E-state index contributed by atoms with van der Waals surface area (Å²) in [6.45, 7) is 5.92. The Morgan fingerprint density at radius 1 is 1.33 bits per heavy atom. The molecule has 1 saturated heterocycles. The van der Waals surface area contributed by atoms with Gasteiger partial charge in [0.25, 0.3) is 0 Å². The number of nitrogens with zero attached hydrogens (tertiary/aromatic N) is 3. The first-order valence-electron chi connectivity index (χ1n) is 6.36. The Bertz CT molecular complexity index is 450. The summed E-state index contributed by atoms with van der Waals surface area (Å²) in [5.41, 5.74) is 0.414. The van der Waals surface area contributed by atoms with Crippen molar-refractivity contribution in [1.82, 2.24) is 9.97 Å². The Hall–Kier alpha value is -1.16. The number of carbonyl (C=O) groups is 1. The molecule has 2 heterocycles. The summed E-state index contributed by atoms with van der Waals surface area (Å²) in [6, 6.07) is 0. The van der Waals surface area contributed by atoms with Gasteiger partial charge < -0.3 is 4.90 Å². The summed E-state index contributed by atoms with van der Waals surface area (Å²) in [4.78, 5) is 21.8. The predicted molar refractivity (Wildman–Crippen MR) is 72.4 cm³/mol. The maximum atomic E-state index is 11.2. The molecule has 0 aliphatic carbocycles. The Morgan fingerprint density at radius 3 is 2.83 bits per heavy atom. The van der Waals surface area contributed by atoms with Crippen LogP contribution in [-0.2, 0) is 0 Å². The van der Waals surface area contributed by atoms with E-state index in [9.17, 15) is 4.79 Å². The molecule has 1 aliphatic rings. The third-order valence-electron chi connectivity index (χ3n) is 3.42. The largest absolute Gasteiger partial charge is 0.356 e. The highest BCUT2D eigenvalue weighted by molar-refractivity contribution is 6.32. The van der Waals surface area contributed by atoms with Crippen molar-refractivity contribution >= 4 is 23.7 Å². The fraction of sp³-hybridized carbons (Fsp3) is 0.615. The summed E-state index contributed by atoms with van der Waals surface area (Å²) >= 11 is 6.01. The summed E-state index contributed by atoms with van der Waals surface area (Å²) in [5.74, 6) is 2.03. The van der Waals surface area contributed by atoms with Gasteiger partial charge in [-0.05, 0) is 32.1 Å². The van der Waals surface area contributed by atoms with Crippen molar-refractivity contribution in [3.05, 3.63) is 16.5 Å². The van der Waals surface area contributed by atoms with E-state index in [2.05, 4.69) is 21.8 Å². The van der Waals surface area contributed by atoms with Crippen LogP contribution in [0.2, 0.25) is 5.15 Å². The minimum Gasteiger partial charge on any atom is -0.356 e. The van der Waals surface area contributed by atoms with Crippen LogP contribution in [0.25, 0.3) is 0 Å². The maximum absolute atomic E-state index is 11.2. The zero-order chi connectivity index (χ0) is 13.1. The van der Waals surface area contributed by atoms with E-state index in [1.807, 2.05) is 0 Å². The molecule has 0 bridgehead atoms. The van der Waals surface area contributed by atoms with E-state index in [1.54, 1.807) is 6.92 Å². The van der Waals surface area contributed by atoms with E-state index in [-0.39, 0.29) is 5.15 Å². The monoisotopic (exact) mass is 267 g/mol. The van der Waals surface area contributed by atoms with E-state index in [1.165, 1.54) is 6.42 Å². The molecular weight excluding hydrogens is 250 g/mol. The molecule has 18 heavy (non-hydrogen) atoms. The van der Waals surface area contributed by atoms with Crippen LogP contribution in [0, 0.1) is 12.8 Å². The van der Waals surface area contributed by atoms with Gasteiger partial charge >= 0.3 is 0 Å². The van der Waals surface area contributed by atoms with Crippen LogP contribution in [0.15, 0.2) is 0 Å². The number of aldehydes is 1. The summed E-state index contributed by atoms with van der Waals surface area (Å²) < 4.78 is 0. The summed E-state index contributed by atoms with van der Waals surface area (Å²) in [6.07, 6.45) is 4.23. The normalized spacial score (nSPS) is 20.6. The lowest BCUT2D eigenvalue weighted by Crippen LogP contribution is -2.27. The zero-order valence-electron chi connectivity index (χ0n) is 10.8. The third-order valence-corrected chi connectivity index (χ3v) is 3.71. The number of anilines is 1. The Balaban J connectivity index is 2.34. The standard InChI is InChI=1S/C13H18ClN3O/c1-9-4-3-6-17(7-5-9)13-11(8-18)12(14)15-10(2)16-13/h8-9H,3-7H2,1-2H3. The van der Waals surface area contributed by atoms with Crippen molar-refractivity contribution in [2.75, 3.05) is 18.0 Å². The smallest absolute Gasteiger partial charge is 0.156 e. The average molecular weight is 268 g/mol. The quantitative estimate of drug-likeness (QED) is 0.611. The molecule has 1 aliphatic heterocycles. The van der Waals surface area contributed by atoms with E-state index in [4.69, 9.17) is 11.6 Å². The fourth-order valence-corrected chi connectivity index (χ4v) is 2.60. The maximum Gasteiger partial charge on any atom is 0.156 e. The van der Waals surface area contributed by atoms with Crippen LogP contribution < -0.4 is 4.90 Å². The number of aryl methyl sites for hydroxylation is 1.